The Labute approximate surface area is 212 Å². The summed E-state index contributed by atoms with van der Waals surface area (Å²) < 4.78 is 10.5. The Morgan fingerprint density at radius 3 is 2.69 bits per heavy atom. The molecule has 0 aliphatic carbocycles. The number of ether oxygens (including phenoxy) is 2. The Hall–Kier alpha value is -2.65. The van der Waals surface area contributed by atoms with Gasteiger partial charge in [0.15, 0.2) is 5.16 Å². The lowest BCUT2D eigenvalue weighted by atomic mass is 9.97. The second-order valence-electron chi connectivity index (χ2n) is 8.44. The fraction of sp³-hybridized carbons (Fsp3) is 0.538. The maximum absolute atomic E-state index is 13.2. The number of anilines is 1. The van der Waals surface area contributed by atoms with Crippen LogP contribution in [0.5, 0.6) is 0 Å². The van der Waals surface area contributed by atoms with Crippen LogP contribution in [0.3, 0.4) is 0 Å². The fourth-order valence-electron chi connectivity index (χ4n) is 4.19. The molecule has 1 aromatic carbocycles. The molecule has 1 fully saturated rings. The van der Waals surface area contributed by atoms with Gasteiger partial charge in [-0.15, -0.1) is 0 Å². The van der Waals surface area contributed by atoms with Crippen molar-refractivity contribution in [3.63, 3.8) is 0 Å². The Morgan fingerprint density at radius 1 is 1.17 bits per heavy atom. The number of methoxy groups -OCH3 is 1. The standard InChI is InChI=1S/C26H36N4O4S/c1-5-29(6-2)23-15-22(17-33-4)27-26(28-23)35-18-19-10-8-11-20(14-19)24(31)30-13-9-12-21(16-30)25(32)34-7-3/h8,10-11,14-15,21H,5-7,9,12-13,16-18H2,1-4H3/t21-/m1/s1. The van der Waals surface area contributed by atoms with Gasteiger partial charge in [0.2, 0.25) is 0 Å². The number of rotatable bonds is 11. The number of benzene rings is 1. The van der Waals surface area contributed by atoms with E-state index < -0.39 is 0 Å². The number of piperidine rings is 1. The number of amides is 1. The number of esters is 1. The lowest BCUT2D eigenvalue weighted by molar-refractivity contribution is -0.149. The minimum atomic E-state index is -0.247. The van der Waals surface area contributed by atoms with Gasteiger partial charge < -0.3 is 19.3 Å². The minimum absolute atomic E-state index is 0.0481. The molecule has 8 nitrogen and oxygen atoms in total. The number of hydrogen-bond donors (Lipinski definition) is 0. The van der Waals surface area contributed by atoms with Crippen molar-refractivity contribution >= 4 is 29.5 Å². The van der Waals surface area contributed by atoms with Gasteiger partial charge in [0, 0.05) is 50.7 Å². The molecular formula is C26H36N4O4S. The summed E-state index contributed by atoms with van der Waals surface area (Å²) in [5.74, 6) is 1.02. The molecule has 2 heterocycles. The Kier molecular flexibility index (Phi) is 10.3. The number of hydrogen-bond acceptors (Lipinski definition) is 8. The van der Waals surface area contributed by atoms with Crippen molar-refractivity contribution in [3.8, 4) is 0 Å². The van der Waals surface area contributed by atoms with E-state index in [0.29, 0.717) is 42.8 Å². The SMILES string of the molecule is CCOC(=O)[C@@H]1CCCN(C(=O)c2cccc(CSc3nc(COC)cc(N(CC)CC)n3)c2)C1. The fourth-order valence-corrected chi connectivity index (χ4v) is 5.01. The minimum Gasteiger partial charge on any atom is -0.466 e. The number of carbonyl (C=O) groups is 2. The molecule has 0 N–H and O–H groups in total. The number of aromatic nitrogens is 2. The molecule has 0 spiro atoms. The van der Waals surface area contributed by atoms with Crippen molar-refractivity contribution < 1.29 is 19.1 Å². The molecule has 2 aromatic rings. The first-order chi connectivity index (χ1) is 17.0. The predicted octanol–water partition coefficient (Wildman–Crippen LogP) is 4.18. The zero-order chi connectivity index (χ0) is 25.2. The second kappa shape index (κ2) is 13.4. The molecule has 0 saturated carbocycles. The third-order valence-corrected chi connectivity index (χ3v) is 6.91. The van der Waals surface area contributed by atoms with Crippen LogP contribution >= 0.6 is 11.8 Å². The highest BCUT2D eigenvalue weighted by Crippen LogP contribution is 2.25. The van der Waals surface area contributed by atoms with Crippen LogP contribution in [0.15, 0.2) is 35.5 Å². The molecular weight excluding hydrogens is 464 g/mol. The summed E-state index contributed by atoms with van der Waals surface area (Å²) in [6.07, 6.45) is 1.56. The molecule has 0 unspecified atom stereocenters. The summed E-state index contributed by atoms with van der Waals surface area (Å²) >= 11 is 1.54. The first-order valence-corrected chi connectivity index (χ1v) is 13.3. The first kappa shape index (κ1) is 26.9. The van der Waals surface area contributed by atoms with Gasteiger partial charge in [0.25, 0.3) is 5.91 Å². The Morgan fingerprint density at radius 2 is 1.97 bits per heavy atom. The molecule has 190 valence electrons. The van der Waals surface area contributed by atoms with E-state index in [1.165, 1.54) is 0 Å². The van der Waals surface area contributed by atoms with Gasteiger partial charge in [-0.3, -0.25) is 9.59 Å². The highest BCUT2D eigenvalue weighted by atomic mass is 32.2. The van der Waals surface area contributed by atoms with Gasteiger partial charge in [-0.2, -0.15) is 0 Å². The van der Waals surface area contributed by atoms with Gasteiger partial charge in [-0.05, 0) is 51.3 Å². The van der Waals surface area contributed by atoms with E-state index in [2.05, 4.69) is 23.7 Å². The van der Waals surface area contributed by atoms with Crippen LogP contribution in [0.2, 0.25) is 0 Å². The Bertz CT molecular complexity index is 999. The summed E-state index contributed by atoms with van der Waals surface area (Å²) in [6, 6.07) is 9.64. The summed E-state index contributed by atoms with van der Waals surface area (Å²) in [6.45, 7) is 9.59. The van der Waals surface area contributed by atoms with Crippen molar-refractivity contribution in [1.82, 2.24) is 14.9 Å². The zero-order valence-electron chi connectivity index (χ0n) is 21.2. The summed E-state index contributed by atoms with van der Waals surface area (Å²) in [5.41, 5.74) is 2.49. The van der Waals surface area contributed by atoms with Gasteiger partial charge in [-0.25, -0.2) is 9.97 Å². The van der Waals surface area contributed by atoms with Crippen LogP contribution in [-0.4, -0.2) is 66.6 Å². The second-order valence-corrected chi connectivity index (χ2v) is 9.38. The van der Waals surface area contributed by atoms with Gasteiger partial charge in [-0.1, -0.05) is 23.9 Å². The molecule has 3 rings (SSSR count). The number of nitrogens with zero attached hydrogens (tertiary/aromatic N) is 4. The number of likely N-dealkylation sites (tertiary alicyclic amines) is 1. The molecule has 1 aliphatic heterocycles. The van der Waals surface area contributed by atoms with Crippen LogP contribution in [-0.2, 0) is 26.6 Å². The van der Waals surface area contributed by atoms with Crippen molar-refractivity contribution in [1.29, 1.82) is 0 Å². The molecule has 1 aliphatic rings. The van der Waals surface area contributed by atoms with Gasteiger partial charge in [0.1, 0.15) is 5.82 Å². The topological polar surface area (TPSA) is 84.9 Å². The average molecular weight is 501 g/mol. The smallest absolute Gasteiger partial charge is 0.310 e. The van der Waals surface area contributed by atoms with Crippen molar-refractivity contribution in [3.05, 3.63) is 47.2 Å². The molecule has 0 bridgehead atoms. The molecule has 35 heavy (non-hydrogen) atoms. The summed E-state index contributed by atoms with van der Waals surface area (Å²) in [5, 5.41) is 0.687. The zero-order valence-corrected chi connectivity index (χ0v) is 22.0. The van der Waals surface area contributed by atoms with E-state index >= 15 is 0 Å². The summed E-state index contributed by atoms with van der Waals surface area (Å²) in [7, 11) is 1.66. The van der Waals surface area contributed by atoms with E-state index in [4.69, 9.17) is 14.5 Å². The van der Waals surface area contributed by atoms with Gasteiger partial charge in [0.05, 0.1) is 24.8 Å². The van der Waals surface area contributed by atoms with Crippen LogP contribution in [0.4, 0.5) is 5.82 Å². The maximum atomic E-state index is 13.2. The molecule has 0 radical (unpaired) electrons. The third-order valence-electron chi connectivity index (χ3n) is 6.00. The van der Waals surface area contributed by atoms with E-state index in [9.17, 15) is 9.59 Å². The molecule has 1 aromatic heterocycles. The molecule has 1 amide bonds. The average Bonchev–Trinajstić information content (AvgIpc) is 2.88. The van der Waals surface area contributed by atoms with Gasteiger partial charge >= 0.3 is 5.97 Å². The van der Waals surface area contributed by atoms with E-state index in [-0.39, 0.29) is 17.8 Å². The highest BCUT2D eigenvalue weighted by Gasteiger charge is 2.29. The summed E-state index contributed by atoms with van der Waals surface area (Å²) in [4.78, 5) is 38.7. The quantitative estimate of drug-likeness (QED) is 0.258. The molecule has 1 atom stereocenters. The van der Waals surface area contributed by atoms with Crippen molar-refractivity contribution in [2.45, 2.75) is 51.1 Å². The van der Waals surface area contributed by atoms with Crippen LogP contribution in [0.25, 0.3) is 0 Å². The lowest BCUT2D eigenvalue weighted by Gasteiger charge is -2.31. The number of carbonyl (C=O) groups excluding carboxylic acids is 2. The first-order valence-electron chi connectivity index (χ1n) is 12.3. The molecule has 9 heteroatoms. The van der Waals surface area contributed by atoms with Crippen LogP contribution < -0.4 is 4.90 Å². The number of thioether (sulfide) groups is 1. The Balaban J connectivity index is 1.69. The van der Waals surface area contributed by atoms with E-state index in [1.807, 2.05) is 30.3 Å². The third kappa shape index (κ3) is 7.41. The van der Waals surface area contributed by atoms with E-state index in [1.54, 1.807) is 30.7 Å². The highest BCUT2D eigenvalue weighted by molar-refractivity contribution is 7.98. The van der Waals surface area contributed by atoms with Crippen LogP contribution in [0, 0.1) is 5.92 Å². The largest absolute Gasteiger partial charge is 0.466 e. The van der Waals surface area contributed by atoms with Crippen molar-refractivity contribution in [2.75, 3.05) is 44.8 Å². The van der Waals surface area contributed by atoms with Crippen molar-refractivity contribution in [2.24, 2.45) is 5.92 Å². The lowest BCUT2D eigenvalue weighted by Crippen LogP contribution is -2.42. The van der Waals surface area contributed by atoms with E-state index in [0.717, 1.165) is 43.0 Å². The normalized spacial score (nSPS) is 15.7. The monoisotopic (exact) mass is 500 g/mol. The van der Waals surface area contributed by atoms with Crippen LogP contribution in [0.1, 0.15) is 55.2 Å². The molecule has 1 saturated heterocycles. The predicted molar refractivity (Wildman–Crippen MR) is 138 cm³/mol. The maximum Gasteiger partial charge on any atom is 0.310 e.